The minimum Gasteiger partial charge on any atom is -0.343 e. The van der Waals surface area contributed by atoms with Crippen molar-refractivity contribution in [1.82, 2.24) is 0 Å². The summed E-state index contributed by atoms with van der Waals surface area (Å²) in [5.74, 6) is 0. The molecule has 0 fully saturated rings. The fourth-order valence-electron chi connectivity index (χ4n) is 1.07. The molecule has 0 bridgehead atoms. The predicted octanol–water partition coefficient (Wildman–Crippen LogP) is 2.93. The van der Waals surface area contributed by atoms with Crippen LogP contribution < -0.4 is 5.32 Å². The smallest absolute Gasteiger partial charge is 0.113 e. The number of halogens is 1. The molecule has 4 nitrogen and oxygen atoms in total. The SMILES string of the molecule is OS1(O)N=CNc2ccc(Br)cc21. The molecular weight excluding hydrogens is 256 g/mol. The van der Waals surface area contributed by atoms with Crippen LogP contribution in [0.15, 0.2) is 32.0 Å². The monoisotopic (exact) mass is 262 g/mol. The number of fused-ring (bicyclic) bond motifs is 1. The van der Waals surface area contributed by atoms with Gasteiger partial charge < -0.3 is 5.32 Å². The summed E-state index contributed by atoms with van der Waals surface area (Å²) in [5, 5.41) is 2.83. The maximum absolute atomic E-state index is 9.53. The van der Waals surface area contributed by atoms with Gasteiger partial charge in [0.05, 0.1) is 5.69 Å². The first kappa shape index (κ1) is 9.01. The van der Waals surface area contributed by atoms with E-state index in [1.807, 2.05) is 6.07 Å². The maximum Gasteiger partial charge on any atom is 0.113 e. The van der Waals surface area contributed by atoms with Crippen LogP contribution in [0.25, 0.3) is 0 Å². The van der Waals surface area contributed by atoms with Gasteiger partial charge in [0.15, 0.2) is 0 Å². The van der Waals surface area contributed by atoms with Crippen LogP contribution in [0.1, 0.15) is 0 Å². The van der Waals surface area contributed by atoms with Crippen molar-refractivity contribution >= 4 is 38.7 Å². The van der Waals surface area contributed by atoms with Gasteiger partial charge in [-0.25, -0.2) is 0 Å². The van der Waals surface area contributed by atoms with Crippen molar-refractivity contribution in [3.8, 4) is 0 Å². The van der Waals surface area contributed by atoms with Crippen LogP contribution in [0.5, 0.6) is 0 Å². The number of anilines is 1. The number of rotatable bonds is 0. The summed E-state index contributed by atoms with van der Waals surface area (Å²) in [6, 6.07) is 5.23. The summed E-state index contributed by atoms with van der Waals surface area (Å²) in [6.45, 7) is 0. The Kier molecular flexibility index (Phi) is 2.07. The van der Waals surface area contributed by atoms with Gasteiger partial charge in [-0.15, -0.1) is 4.40 Å². The third-order valence-corrected chi connectivity index (χ3v) is 3.48. The number of benzene rings is 1. The lowest BCUT2D eigenvalue weighted by atomic mass is 10.3. The number of nitrogens with one attached hydrogen (secondary N) is 1. The highest BCUT2D eigenvalue weighted by Gasteiger charge is 2.21. The van der Waals surface area contributed by atoms with E-state index in [0.717, 1.165) is 4.47 Å². The highest BCUT2D eigenvalue weighted by Crippen LogP contribution is 2.54. The molecule has 1 heterocycles. The first-order valence-corrected chi connectivity index (χ1v) is 5.77. The van der Waals surface area contributed by atoms with Crippen molar-refractivity contribution < 1.29 is 9.11 Å². The van der Waals surface area contributed by atoms with Gasteiger partial charge in [-0.3, -0.25) is 9.11 Å². The van der Waals surface area contributed by atoms with Gasteiger partial charge in [0.25, 0.3) is 0 Å². The van der Waals surface area contributed by atoms with Crippen molar-refractivity contribution in [3.63, 3.8) is 0 Å². The standard InChI is InChI=1S/C7H7BrN2O2S/c8-5-1-2-6-7(3-5)13(11,12)10-4-9-6/h1-4,11-12H,(H,9,10). The summed E-state index contributed by atoms with van der Waals surface area (Å²) in [7, 11) is -2.99. The molecule has 1 aromatic rings. The minimum atomic E-state index is -2.99. The zero-order chi connectivity index (χ0) is 9.47. The van der Waals surface area contributed by atoms with Crippen LogP contribution in [0.4, 0.5) is 5.69 Å². The predicted molar refractivity (Wildman–Crippen MR) is 57.4 cm³/mol. The van der Waals surface area contributed by atoms with Crippen LogP contribution in [0.3, 0.4) is 0 Å². The van der Waals surface area contributed by atoms with Gasteiger partial charge in [0.1, 0.15) is 11.2 Å². The molecule has 0 amide bonds. The second-order valence-electron chi connectivity index (χ2n) is 2.54. The van der Waals surface area contributed by atoms with E-state index in [0.29, 0.717) is 10.6 Å². The molecule has 6 heteroatoms. The van der Waals surface area contributed by atoms with E-state index in [2.05, 4.69) is 25.6 Å². The molecule has 2 rings (SSSR count). The van der Waals surface area contributed by atoms with Crippen molar-refractivity contribution in [3.05, 3.63) is 22.7 Å². The van der Waals surface area contributed by atoms with Gasteiger partial charge in [-0.2, -0.15) is 0 Å². The largest absolute Gasteiger partial charge is 0.343 e. The van der Waals surface area contributed by atoms with Gasteiger partial charge in [-0.05, 0) is 18.2 Å². The molecule has 0 radical (unpaired) electrons. The molecule has 0 spiro atoms. The Bertz CT molecular complexity index is 381. The van der Waals surface area contributed by atoms with Crippen LogP contribution in [-0.4, -0.2) is 15.4 Å². The van der Waals surface area contributed by atoms with E-state index in [4.69, 9.17) is 0 Å². The average Bonchev–Trinajstić information content (AvgIpc) is 2.06. The van der Waals surface area contributed by atoms with E-state index in [-0.39, 0.29) is 0 Å². The second kappa shape index (κ2) is 2.98. The Balaban J connectivity index is 2.60. The molecule has 70 valence electrons. The number of hydrogen-bond donors (Lipinski definition) is 3. The summed E-state index contributed by atoms with van der Waals surface area (Å²) in [4.78, 5) is 0.421. The zero-order valence-corrected chi connectivity index (χ0v) is 8.84. The minimum absolute atomic E-state index is 0.421. The average molecular weight is 263 g/mol. The van der Waals surface area contributed by atoms with Gasteiger partial charge in [0.2, 0.25) is 0 Å². The van der Waals surface area contributed by atoms with E-state index in [9.17, 15) is 9.11 Å². The summed E-state index contributed by atoms with van der Waals surface area (Å²) in [6.07, 6.45) is 1.30. The Morgan fingerprint density at radius 1 is 1.38 bits per heavy atom. The Morgan fingerprint density at radius 3 is 2.92 bits per heavy atom. The maximum atomic E-state index is 9.53. The summed E-state index contributed by atoms with van der Waals surface area (Å²) >= 11 is 3.25. The van der Waals surface area contributed by atoms with Gasteiger partial charge in [-0.1, -0.05) is 26.7 Å². The quantitative estimate of drug-likeness (QED) is 0.674. The first-order chi connectivity index (χ1) is 6.09. The van der Waals surface area contributed by atoms with Crippen molar-refractivity contribution in [2.45, 2.75) is 4.90 Å². The molecule has 1 aliphatic heterocycles. The Labute approximate surface area is 85.3 Å². The van der Waals surface area contributed by atoms with E-state index in [1.54, 1.807) is 12.1 Å². The Hall–Kier alpha value is -0.560. The lowest BCUT2D eigenvalue weighted by Crippen LogP contribution is -2.09. The highest BCUT2D eigenvalue weighted by atomic mass is 79.9. The molecule has 0 unspecified atom stereocenters. The first-order valence-electron chi connectivity index (χ1n) is 3.48. The van der Waals surface area contributed by atoms with Crippen molar-refractivity contribution in [1.29, 1.82) is 0 Å². The van der Waals surface area contributed by atoms with E-state index >= 15 is 0 Å². The summed E-state index contributed by atoms with van der Waals surface area (Å²) < 4.78 is 23.4. The molecule has 0 saturated heterocycles. The molecule has 0 atom stereocenters. The number of hydrogen-bond acceptors (Lipinski definition) is 4. The molecule has 1 aliphatic rings. The molecule has 0 saturated carbocycles. The zero-order valence-electron chi connectivity index (χ0n) is 6.44. The van der Waals surface area contributed by atoms with E-state index < -0.39 is 10.8 Å². The molecule has 13 heavy (non-hydrogen) atoms. The van der Waals surface area contributed by atoms with Crippen molar-refractivity contribution in [2.75, 3.05) is 5.32 Å². The van der Waals surface area contributed by atoms with Crippen molar-refractivity contribution in [2.24, 2.45) is 4.40 Å². The lowest BCUT2D eigenvalue weighted by molar-refractivity contribution is 0.489. The van der Waals surface area contributed by atoms with Gasteiger partial charge >= 0.3 is 0 Å². The lowest BCUT2D eigenvalue weighted by Gasteiger charge is -2.31. The summed E-state index contributed by atoms with van der Waals surface area (Å²) in [5.41, 5.74) is 0.679. The van der Waals surface area contributed by atoms with Crippen LogP contribution in [-0.2, 0) is 0 Å². The number of nitrogens with zero attached hydrogens (tertiary/aromatic N) is 1. The van der Waals surface area contributed by atoms with E-state index in [1.165, 1.54) is 6.34 Å². The fourth-order valence-corrected chi connectivity index (χ4v) is 2.60. The third kappa shape index (κ3) is 1.58. The highest BCUT2D eigenvalue weighted by molar-refractivity contribution is 9.10. The normalized spacial score (nSPS) is 20.2. The third-order valence-electron chi connectivity index (χ3n) is 1.66. The van der Waals surface area contributed by atoms with Crippen LogP contribution >= 0.6 is 26.7 Å². The molecule has 1 aromatic carbocycles. The molecule has 0 aliphatic carbocycles. The van der Waals surface area contributed by atoms with Gasteiger partial charge in [0, 0.05) is 4.47 Å². The topological polar surface area (TPSA) is 64.8 Å². The second-order valence-corrected chi connectivity index (χ2v) is 5.14. The Morgan fingerprint density at radius 2 is 2.15 bits per heavy atom. The van der Waals surface area contributed by atoms with Crippen LogP contribution in [0.2, 0.25) is 0 Å². The molecule has 3 N–H and O–H groups in total. The molecule has 0 aromatic heterocycles. The van der Waals surface area contributed by atoms with Crippen LogP contribution in [0, 0.1) is 0 Å². The fraction of sp³-hybridized carbons (Fsp3) is 0. The molecular formula is C7H7BrN2O2S.